The number of fused-ring (bicyclic) bond motifs is 1. The average molecular weight is 371 g/mol. The topological polar surface area (TPSA) is 47.0 Å². The molecule has 1 aliphatic heterocycles. The SMILES string of the molecule is CC1(C)c2ncccc2C(=O)C(c2c(F)cccc2C(F)(F)F)S1=O. The predicted octanol–water partition coefficient (Wildman–Crippen LogP) is 4.16. The molecule has 132 valence electrons. The van der Waals surface area contributed by atoms with Gasteiger partial charge in [0.2, 0.25) is 0 Å². The Balaban J connectivity index is 2.31. The highest BCUT2D eigenvalue weighted by atomic mass is 32.2. The highest BCUT2D eigenvalue weighted by molar-refractivity contribution is 7.87. The van der Waals surface area contributed by atoms with Crippen LogP contribution in [0.3, 0.4) is 0 Å². The van der Waals surface area contributed by atoms with Gasteiger partial charge in [-0.2, -0.15) is 13.2 Å². The van der Waals surface area contributed by atoms with Crippen molar-refractivity contribution in [3.63, 3.8) is 0 Å². The number of halogens is 4. The number of benzene rings is 1. The molecule has 3 rings (SSSR count). The number of carbonyl (C=O) groups excluding carboxylic acids is 1. The molecular formula is C17H13F4NO2S. The van der Waals surface area contributed by atoms with Crippen LogP contribution in [0.4, 0.5) is 17.6 Å². The predicted molar refractivity (Wildman–Crippen MR) is 83.9 cm³/mol. The van der Waals surface area contributed by atoms with Gasteiger partial charge in [-0.15, -0.1) is 0 Å². The summed E-state index contributed by atoms with van der Waals surface area (Å²) in [5.41, 5.74) is -1.86. The Bertz CT molecular complexity index is 892. The lowest BCUT2D eigenvalue weighted by atomic mass is 9.92. The molecular weight excluding hydrogens is 358 g/mol. The highest BCUT2D eigenvalue weighted by Gasteiger charge is 2.50. The van der Waals surface area contributed by atoms with Gasteiger partial charge >= 0.3 is 6.18 Å². The minimum absolute atomic E-state index is 0.0634. The van der Waals surface area contributed by atoms with Crippen LogP contribution in [-0.2, 0) is 21.7 Å². The molecule has 2 unspecified atom stereocenters. The lowest BCUT2D eigenvalue weighted by molar-refractivity contribution is -0.138. The Morgan fingerprint density at radius 2 is 1.84 bits per heavy atom. The standard InChI is InChI=1S/C17H13F4NO2S/c1-16(2)15-9(5-4-8-22-15)13(23)14(25(16)24)12-10(17(19,20)21)6-3-7-11(12)18/h3-8,14H,1-2H3. The van der Waals surface area contributed by atoms with Crippen molar-refractivity contribution >= 4 is 16.6 Å². The Kier molecular flexibility index (Phi) is 4.06. The van der Waals surface area contributed by atoms with Crippen LogP contribution in [0.15, 0.2) is 36.5 Å². The molecule has 0 aliphatic carbocycles. The molecule has 0 saturated carbocycles. The van der Waals surface area contributed by atoms with Gasteiger partial charge in [-0.1, -0.05) is 6.07 Å². The summed E-state index contributed by atoms with van der Waals surface area (Å²) >= 11 is 0. The number of aromatic nitrogens is 1. The number of Topliss-reactive ketones (excluding diaryl/α,β-unsaturated/α-hetero) is 1. The summed E-state index contributed by atoms with van der Waals surface area (Å²) in [5.74, 6) is -2.03. The van der Waals surface area contributed by atoms with E-state index in [1.807, 2.05) is 0 Å². The lowest BCUT2D eigenvalue weighted by Gasteiger charge is -2.35. The molecule has 2 atom stereocenters. The van der Waals surface area contributed by atoms with E-state index in [1.54, 1.807) is 0 Å². The third-order valence-electron chi connectivity index (χ3n) is 4.22. The van der Waals surface area contributed by atoms with Crippen molar-refractivity contribution in [2.75, 3.05) is 0 Å². The number of alkyl halides is 3. The fraction of sp³-hybridized carbons (Fsp3) is 0.294. The fourth-order valence-corrected chi connectivity index (χ4v) is 4.72. The van der Waals surface area contributed by atoms with Crippen molar-refractivity contribution in [2.45, 2.75) is 30.0 Å². The van der Waals surface area contributed by atoms with E-state index >= 15 is 0 Å². The van der Waals surface area contributed by atoms with Crippen LogP contribution in [-0.4, -0.2) is 15.0 Å². The van der Waals surface area contributed by atoms with Crippen LogP contribution in [0.1, 0.15) is 46.3 Å². The number of nitrogens with zero attached hydrogens (tertiary/aromatic N) is 1. The zero-order valence-corrected chi connectivity index (χ0v) is 14.0. The molecule has 0 amide bonds. The summed E-state index contributed by atoms with van der Waals surface area (Å²) in [7, 11) is -2.14. The van der Waals surface area contributed by atoms with Gasteiger partial charge in [0.05, 0.1) is 16.0 Å². The van der Waals surface area contributed by atoms with Crippen LogP contribution in [0.5, 0.6) is 0 Å². The second-order valence-electron chi connectivity index (χ2n) is 6.15. The molecule has 2 heterocycles. The van der Waals surface area contributed by atoms with Crippen LogP contribution in [0, 0.1) is 5.82 Å². The van der Waals surface area contributed by atoms with Crippen molar-refractivity contribution < 1.29 is 26.6 Å². The van der Waals surface area contributed by atoms with Gasteiger partial charge in [0.15, 0.2) is 5.78 Å². The molecule has 8 heteroatoms. The van der Waals surface area contributed by atoms with Gasteiger partial charge in [-0.25, -0.2) is 4.39 Å². The van der Waals surface area contributed by atoms with Crippen LogP contribution >= 0.6 is 0 Å². The average Bonchev–Trinajstić information content (AvgIpc) is 2.54. The Labute approximate surface area is 143 Å². The number of ketones is 1. The van der Waals surface area contributed by atoms with Crippen LogP contribution in [0.2, 0.25) is 0 Å². The van der Waals surface area contributed by atoms with Gasteiger partial charge in [0.25, 0.3) is 0 Å². The van der Waals surface area contributed by atoms with Gasteiger partial charge in [-0.3, -0.25) is 14.0 Å². The molecule has 1 aromatic carbocycles. The van der Waals surface area contributed by atoms with E-state index in [0.29, 0.717) is 6.07 Å². The molecule has 2 aromatic rings. The zero-order chi connectivity index (χ0) is 18.6. The summed E-state index contributed by atoms with van der Waals surface area (Å²) in [4.78, 5) is 16.8. The van der Waals surface area contributed by atoms with Crippen molar-refractivity contribution in [1.82, 2.24) is 4.98 Å². The molecule has 1 aliphatic rings. The first-order chi connectivity index (χ1) is 11.6. The summed E-state index contributed by atoms with van der Waals surface area (Å²) in [6.07, 6.45) is -3.46. The summed E-state index contributed by atoms with van der Waals surface area (Å²) in [6, 6.07) is 5.31. The molecule has 3 nitrogen and oxygen atoms in total. The van der Waals surface area contributed by atoms with Crippen LogP contribution in [0.25, 0.3) is 0 Å². The molecule has 0 bridgehead atoms. The van der Waals surface area contributed by atoms with Gasteiger partial charge in [0.1, 0.15) is 11.1 Å². The first kappa shape index (κ1) is 17.7. The van der Waals surface area contributed by atoms with Crippen molar-refractivity contribution in [1.29, 1.82) is 0 Å². The summed E-state index contributed by atoms with van der Waals surface area (Å²) in [5, 5.41) is -1.75. The number of pyridine rings is 1. The lowest BCUT2D eigenvalue weighted by Crippen LogP contribution is -2.40. The van der Waals surface area contributed by atoms with Crippen molar-refractivity contribution in [2.24, 2.45) is 0 Å². The Morgan fingerprint density at radius 1 is 1.16 bits per heavy atom. The molecule has 0 radical (unpaired) electrons. The summed E-state index contributed by atoms with van der Waals surface area (Å²) < 4.78 is 66.1. The van der Waals surface area contributed by atoms with Gasteiger partial charge in [-0.05, 0) is 38.1 Å². The van der Waals surface area contributed by atoms with E-state index in [2.05, 4.69) is 4.98 Å². The van der Waals surface area contributed by atoms with Gasteiger partial charge in [0, 0.05) is 28.1 Å². The second kappa shape index (κ2) is 5.72. The Morgan fingerprint density at radius 3 is 2.48 bits per heavy atom. The third-order valence-corrected chi connectivity index (χ3v) is 6.30. The molecule has 0 fully saturated rings. The molecule has 0 N–H and O–H groups in total. The van der Waals surface area contributed by atoms with E-state index < -0.39 is 49.7 Å². The molecule has 0 saturated heterocycles. The van der Waals surface area contributed by atoms with E-state index in [4.69, 9.17) is 0 Å². The van der Waals surface area contributed by atoms with E-state index in [0.717, 1.165) is 12.1 Å². The van der Waals surface area contributed by atoms with E-state index in [9.17, 15) is 26.6 Å². The van der Waals surface area contributed by atoms with E-state index in [1.165, 1.54) is 32.2 Å². The smallest absolute Gasteiger partial charge is 0.292 e. The molecule has 0 spiro atoms. The minimum atomic E-state index is -4.87. The minimum Gasteiger partial charge on any atom is -0.292 e. The number of hydrogen-bond donors (Lipinski definition) is 0. The maximum atomic E-state index is 14.3. The fourth-order valence-electron chi connectivity index (χ4n) is 3.00. The summed E-state index contributed by atoms with van der Waals surface area (Å²) in [6.45, 7) is 3.03. The molecule has 25 heavy (non-hydrogen) atoms. The first-order valence-corrected chi connectivity index (χ1v) is 8.54. The quantitative estimate of drug-likeness (QED) is 0.707. The maximum Gasteiger partial charge on any atom is 0.416 e. The second-order valence-corrected chi connectivity index (χ2v) is 8.24. The normalized spacial score (nSPS) is 22.6. The maximum absolute atomic E-state index is 14.3. The number of hydrogen-bond acceptors (Lipinski definition) is 3. The highest BCUT2D eigenvalue weighted by Crippen LogP contribution is 2.46. The monoisotopic (exact) mass is 371 g/mol. The Hall–Kier alpha value is -2.09. The zero-order valence-electron chi connectivity index (χ0n) is 13.2. The number of rotatable bonds is 1. The number of carbonyl (C=O) groups is 1. The first-order valence-electron chi connectivity index (χ1n) is 7.33. The van der Waals surface area contributed by atoms with Crippen molar-refractivity contribution in [3.05, 3.63) is 64.7 Å². The third kappa shape index (κ3) is 2.68. The van der Waals surface area contributed by atoms with Crippen LogP contribution < -0.4 is 0 Å². The van der Waals surface area contributed by atoms with Crippen molar-refractivity contribution in [3.8, 4) is 0 Å². The molecule has 1 aromatic heterocycles. The van der Waals surface area contributed by atoms with Gasteiger partial charge < -0.3 is 0 Å². The van der Waals surface area contributed by atoms with E-state index in [-0.39, 0.29) is 11.3 Å². The largest absolute Gasteiger partial charge is 0.416 e.